The first kappa shape index (κ1) is 20.5. The summed E-state index contributed by atoms with van der Waals surface area (Å²) >= 11 is 12.0. The maximum Gasteiger partial charge on any atom is 0.251 e. The number of nitrogens with one attached hydrogen (secondary N) is 1. The van der Waals surface area contributed by atoms with Crippen molar-refractivity contribution in [3.8, 4) is 5.88 Å². The predicted octanol–water partition coefficient (Wildman–Crippen LogP) is 5.55. The van der Waals surface area contributed by atoms with Crippen LogP contribution in [0, 0.1) is 17.8 Å². The van der Waals surface area contributed by atoms with Crippen LogP contribution >= 0.6 is 23.2 Å². The molecule has 31 heavy (non-hydrogen) atoms. The molecule has 0 saturated heterocycles. The first-order valence-electron chi connectivity index (χ1n) is 10.7. The van der Waals surface area contributed by atoms with Gasteiger partial charge in [-0.2, -0.15) is 0 Å². The summed E-state index contributed by atoms with van der Waals surface area (Å²) in [6.07, 6.45) is 4.55. The number of fused-ring (bicyclic) bond motifs is 2. The first-order chi connectivity index (χ1) is 15.0. The second kappa shape index (κ2) is 8.29. The standard InChI is InChI=1S/C24H23Cl2N3O2/c1-2-20(29-23(30)13-3-5-14(25)6-4-13)22-18-10-16(11-19(18)22)31-24-17-8-7-15(26)9-21(17)27-12-28-24/h3-9,12,16,18-20,22H,2,10-11H2,1H3,(H,29,30). The van der Waals surface area contributed by atoms with Crippen molar-refractivity contribution in [1.29, 1.82) is 0 Å². The van der Waals surface area contributed by atoms with E-state index in [1.54, 1.807) is 24.3 Å². The van der Waals surface area contributed by atoms with E-state index in [0.717, 1.165) is 30.2 Å². The van der Waals surface area contributed by atoms with Gasteiger partial charge in [0, 0.05) is 21.7 Å². The number of ether oxygens (including phenoxy) is 1. The van der Waals surface area contributed by atoms with Crippen LogP contribution in [0.25, 0.3) is 10.9 Å². The van der Waals surface area contributed by atoms with Crippen molar-refractivity contribution in [3.05, 3.63) is 64.4 Å². The van der Waals surface area contributed by atoms with E-state index in [1.807, 2.05) is 18.2 Å². The Kier molecular flexibility index (Phi) is 5.49. The maximum atomic E-state index is 12.6. The molecule has 0 radical (unpaired) electrons. The summed E-state index contributed by atoms with van der Waals surface area (Å²) in [5, 5.41) is 5.39. The van der Waals surface area contributed by atoms with Gasteiger partial charge in [0.05, 0.1) is 10.9 Å². The summed E-state index contributed by atoms with van der Waals surface area (Å²) in [6, 6.07) is 12.8. The van der Waals surface area contributed by atoms with Crippen LogP contribution in [0.4, 0.5) is 0 Å². The van der Waals surface area contributed by atoms with Gasteiger partial charge >= 0.3 is 0 Å². The third-order valence-electron chi connectivity index (χ3n) is 6.64. The molecule has 0 aliphatic heterocycles. The van der Waals surface area contributed by atoms with Crippen LogP contribution < -0.4 is 10.1 Å². The molecule has 1 N–H and O–H groups in total. The Morgan fingerprint density at radius 2 is 1.81 bits per heavy atom. The van der Waals surface area contributed by atoms with E-state index < -0.39 is 0 Å². The zero-order valence-corrected chi connectivity index (χ0v) is 18.6. The third kappa shape index (κ3) is 4.09. The molecule has 2 aliphatic rings. The van der Waals surface area contributed by atoms with Gasteiger partial charge in [-0.25, -0.2) is 9.97 Å². The number of carbonyl (C=O) groups is 1. The van der Waals surface area contributed by atoms with E-state index in [4.69, 9.17) is 27.9 Å². The van der Waals surface area contributed by atoms with Gasteiger partial charge in [-0.05, 0) is 79.5 Å². The molecule has 1 heterocycles. The van der Waals surface area contributed by atoms with E-state index >= 15 is 0 Å². The minimum absolute atomic E-state index is 0.0348. The lowest BCUT2D eigenvalue weighted by atomic mass is 10.00. The average Bonchev–Trinajstić information content (AvgIpc) is 3.25. The largest absolute Gasteiger partial charge is 0.474 e. The Morgan fingerprint density at radius 3 is 2.52 bits per heavy atom. The normalized spacial score (nSPS) is 25.1. The molecule has 5 nitrogen and oxygen atoms in total. The predicted molar refractivity (Wildman–Crippen MR) is 122 cm³/mol. The summed E-state index contributed by atoms with van der Waals surface area (Å²) in [7, 11) is 0. The van der Waals surface area contributed by atoms with E-state index in [2.05, 4.69) is 22.2 Å². The van der Waals surface area contributed by atoms with Gasteiger partial charge in [0.25, 0.3) is 5.91 Å². The summed E-state index contributed by atoms with van der Waals surface area (Å²) in [4.78, 5) is 21.3. The Bertz CT molecular complexity index is 1110. The van der Waals surface area contributed by atoms with Crippen LogP contribution in [-0.2, 0) is 0 Å². The molecule has 160 valence electrons. The molecule has 2 saturated carbocycles. The van der Waals surface area contributed by atoms with Crippen molar-refractivity contribution >= 4 is 40.0 Å². The Labute approximate surface area is 191 Å². The van der Waals surface area contributed by atoms with Crippen molar-refractivity contribution in [2.24, 2.45) is 17.8 Å². The molecule has 3 unspecified atom stereocenters. The third-order valence-corrected chi connectivity index (χ3v) is 7.12. The van der Waals surface area contributed by atoms with Gasteiger partial charge in [0.15, 0.2) is 0 Å². The Morgan fingerprint density at radius 1 is 1.10 bits per heavy atom. The van der Waals surface area contributed by atoms with Gasteiger partial charge < -0.3 is 10.1 Å². The lowest BCUT2D eigenvalue weighted by Gasteiger charge is -2.22. The van der Waals surface area contributed by atoms with Gasteiger partial charge in [-0.1, -0.05) is 30.1 Å². The van der Waals surface area contributed by atoms with Crippen LogP contribution in [0.15, 0.2) is 48.8 Å². The summed E-state index contributed by atoms with van der Waals surface area (Å²) in [5.41, 5.74) is 1.43. The van der Waals surface area contributed by atoms with Gasteiger partial charge in [-0.3, -0.25) is 4.79 Å². The quantitative estimate of drug-likeness (QED) is 0.529. The minimum atomic E-state index is -0.0348. The summed E-state index contributed by atoms with van der Waals surface area (Å²) in [6.45, 7) is 2.13. The molecule has 1 amide bonds. The molecule has 3 atom stereocenters. The summed E-state index contributed by atoms with van der Waals surface area (Å²) < 4.78 is 6.26. The molecule has 2 aliphatic carbocycles. The highest BCUT2D eigenvalue weighted by atomic mass is 35.5. The smallest absolute Gasteiger partial charge is 0.251 e. The van der Waals surface area contributed by atoms with Crippen LogP contribution in [0.3, 0.4) is 0 Å². The summed E-state index contributed by atoms with van der Waals surface area (Å²) in [5.74, 6) is 2.27. The van der Waals surface area contributed by atoms with Gasteiger partial charge in [0.1, 0.15) is 12.4 Å². The van der Waals surface area contributed by atoms with E-state index in [-0.39, 0.29) is 18.1 Å². The molecule has 1 aromatic heterocycles. The number of halogens is 2. The molecule has 2 aromatic carbocycles. The molecular weight excluding hydrogens is 433 g/mol. The number of rotatable bonds is 6. The van der Waals surface area contributed by atoms with Crippen LogP contribution in [0.5, 0.6) is 5.88 Å². The van der Waals surface area contributed by atoms with Crippen LogP contribution in [-0.4, -0.2) is 28.0 Å². The number of aromatic nitrogens is 2. The van der Waals surface area contributed by atoms with Gasteiger partial charge in [-0.15, -0.1) is 0 Å². The highest BCUT2D eigenvalue weighted by Crippen LogP contribution is 2.60. The molecule has 0 spiro atoms. The fraction of sp³-hybridized carbons (Fsp3) is 0.375. The Hall–Kier alpha value is -2.37. The first-order valence-corrected chi connectivity index (χ1v) is 11.4. The minimum Gasteiger partial charge on any atom is -0.474 e. The SMILES string of the molecule is CCC(NC(=O)c1ccc(Cl)cc1)C1C2CC(Oc3ncnc4cc(Cl)ccc34)CC21. The average molecular weight is 456 g/mol. The van der Waals surface area contributed by atoms with E-state index in [9.17, 15) is 4.79 Å². The van der Waals surface area contributed by atoms with Crippen molar-refractivity contribution in [2.75, 3.05) is 0 Å². The monoisotopic (exact) mass is 455 g/mol. The molecule has 5 rings (SSSR count). The fourth-order valence-corrected chi connectivity index (χ4v) is 5.41. The van der Waals surface area contributed by atoms with Crippen molar-refractivity contribution in [1.82, 2.24) is 15.3 Å². The molecule has 2 fully saturated rings. The zero-order valence-electron chi connectivity index (χ0n) is 17.1. The second-order valence-electron chi connectivity index (χ2n) is 8.45. The molecule has 7 heteroatoms. The number of nitrogens with zero attached hydrogens (tertiary/aromatic N) is 2. The van der Waals surface area contributed by atoms with E-state index in [0.29, 0.717) is 39.2 Å². The number of hydrogen-bond donors (Lipinski definition) is 1. The van der Waals surface area contributed by atoms with Gasteiger partial charge in [0.2, 0.25) is 5.88 Å². The molecule has 0 bridgehead atoms. The van der Waals surface area contributed by atoms with Crippen molar-refractivity contribution in [2.45, 2.75) is 38.3 Å². The highest BCUT2D eigenvalue weighted by molar-refractivity contribution is 6.31. The number of benzene rings is 2. The number of carbonyl (C=O) groups excluding carboxylic acids is 1. The van der Waals surface area contributed by atoms with Crippen molar-refractivity contribution < 1.29 is 9.53 Å². The Balaban J connectivity index is 1.20. The zero-order chi connectivity index (χ0) is 21.5. The number of hydrogen-bond acceptors (Lipinski definition) is 4. The molecular formula is C24H23Cl2N3O2. The number of amides is 1. The lowest BCUT2D eigenvalue weighted by molar-refractivity contribution is 0.0924. The molecule has 3 aromatic rings. The fourth-order valence-electron chi connectivity index (χ4n) is 5.12. The van der Waals surface area contributed by atoms with Crippen LogP contribution in [0.1, 0.15) is 36.5 Å². The van der Waals surface area contributed by atoms with Crippen molar-refractivity contribution in [3.63, 3.8) is 0 Å². The lowest BCUT2D eigenvalue weighted by Crippen LogP contribution is -2.37. The topological polar surface area (TPSA) is 64.1 Å². The maximum absolute atomic E-state index is 12.6. The second-order valence-corrected chi connectivity index (χ2v) is 9.32. The van der Waals surface area contributed by atoms with Crippen LogP contribution in [0.2, 0.25) is 10.0 Å². The highest BCUT2D eigenvalue weighted by Gasteiger charge is 2.59. The van der Waals surface area contributed by atoms with E-state index in [1.165, 1.54) is 6.33 Å².